The molecule has 0 spiro atoms. The molecule has 27 heavy (non-hydrogen) atoms. The smallest absolute Gasteiger partial charge is 0.332 e. The number of anilines is 1. The van der Waals surface area contributed by atoms with Crippen LogP contribution < -0.4 is 16.6 Å². The lowest BCUT2D eigenvalue weighted by atomic mass is 10.2. The van der Waals surface area contributed by atoms with Gasteiger partial charge in [0.05, 0.1) is 17.3 Å². The molecule has 0 radical (unpaired) electrons. The van der Waals surface area contributed by atoms with E-state index in [1.54, 1.807) is 0 Å². The maximum Gasteiger partial charge on any atom is 0.332 e. The van der Waals surface area contributed by atoms with Crippen molar-refractivity contribution < 1.29 is 27.7 Å². The van der Waals surface area contributed by atoms with Gasteiger partial charge in [-0.05, 0) is 17.7 Å². The molecule has 12 heteroatoms. The summed E-state index contributed by atoms with van der Waals surface area (Å²) in [4.78, 5) is 47.6. The number of fused-ring (bicyclic) bond motifs is 1. The Bertz CT molecular complexity index is 1140. The van der Waals surface area contributed by atoms with Crippen LogP contribution in [0.3, 0.4) is 0 Å². The number of nitrogens with zero attached hydrogens (tertiary/aromatic N) is 2. The fourth-order valence-electron chi connectivity index (χ4n) is 2.62. The van der Waals surface area contributed by atoms with Gasteiger partial charge in [0.15, 0.2) is 11.6 Å². The minimum Gasteiger partial charge on any atom is -0.480 e. The number of carboxylic acids is 1. The van der Waals surface area contributed by atoms with E-state index in [0.29, 0.717) is 4.57 Å². The number of hydrogen-bond acceptors (Lipinski definition) is 5. The van der Waals surface area contributed by atoms with Crippen LogP contribution in [0.1, 0.15) is 5.56 Å². The van der Waals surface area contributed by atoms with Crippen molar-refractivity contribution in [3.05, 3.63) is 56.2 Å². The van der Waals surface area contributed by atoms with Gasteiger partial charge in [0.1, 0.15) is 10.7 Å². The molecular weight excluding hydrogens is 388 g/mol. The van der Waals surface area contributed by atoms with Gasteiger partial charge in [0, 0.05) is 7.05 Å². The average molecular weight is 399 g/mol. The summed E-state index contributed by atoms with van der Waals surface area (Å²) in [6.07, 6.45) is 0. The van der Waals surface area contributed by atoms with Gasteiger partial charge >= 0.3 is 11.7 Å². The van der Waals surface area contributed by atoms with Gasteiger partial charge < -0.3 is 10.4 Å². The summed E-state index contributed by atoms with van der Waals surface area (Å²) in [6, 6.07) is 2.76. The van der Waals surface area contributed by atoms with E-state index in [0.717, 1.165) is 22.8 Å². The lowest BCUT2D eigenvalue weighted by Crippen LogP contribution is -2.50. The summed E-state index contributed by atoms with van der Waals surface area (Å²) in [5, 5.41) is 9.16. The predicted molar refractivity (Wildman–Crippen MR) is 87.9 cm³/mol. The molecular formula is C15H11F2N3O6S. The van der Waals surface area contributed by atoms with Crippen molar-refractivity contribution in [3.8, 4) is 0 Å². The van der Waals surface area contributed by atoms with Crippen LogP contribution in [0, 0.1) is 11.6 Å². The quantitative estimate of drug-likeness (QED) is 0.663. The Morgan fingerprint density at radius 1 is 1.26 bits per heavy atom. The summed E-state index contributed by atoms with van der Waals surface area (Å²) in [6.45, 7) is -0.473. The lowest BCUT2D eigenvalue weighted by Gasteiger charge is -2.23. The van der Waals surface area contributed by atoms with E-state index in [4.69, 9.17) is 5.11 Å². The first-order valence-corrected chi connectivity index (χ1v) is 8.56. The van der Waals surface area contributed by atoms with E-state index in [9.17, 15) is 32.2 Å². The number of halogens is 2. The number of carboxylic acid groups (broad SMARTS) is 1. The molecule has 3 rings (SSSR count). The average Bonchev–Trinajstić information content (AvgIpc) is 2.59. The third-order valence-corrected chi connectivity index (χ3v) is 5.57. The molecule has 1 aliphatic heterocycles. The molecule has 2 heterocycles. The molecule has 0 fully saturated rings. The number of nitrogens with one attached hydrogen (secondary N) is 1. The highest BCUT2D eigenvalue weighted by molar-refractivity contribution is 7.87. The van der Waals surface area contributed by atoms with Crippen molar-refractivity contribution in [1.82, 2.24) is 9.13 Å². The lowest BCUT2D eigenvalue weighted by molar-refractivity contribution is -0.139. The zero-order valence-electron chi connectivity index (χ0n) is 13.6. The topological polar surface area (TPSA) is 127 Å². The Morgan fingerprint density at radius 3 is 2.52 bits per heavy atom. The summed E-state index contributed by atoms with van der Waals surface area (Å²) in [5.74, 6) is -5.49. The van der Waals surface area contributed by atoms with Crippen molar-refractivity contribution in [2.24, 2.45) is 7.05 Å². The fourth-order valence-corrected chi connectivity index (χ4v) is 3.96. The molecule has 0 saturated carbocycles. The molecule has 142 valence electrons. The molecule has 2 aromatic rings. The molecule has 1 amide bonds. The van der Waals surface area contributed by atoms with E-state index in [1.165, 1.54) is 7.05 Å². The number of carbonyl (C=O) groups is 2. The van der Waals surface area contributed by atoms with Gasteiger partial charge in [-0.3, -0.25) is 27.7 Å². The number of aromatic nitrogens is 2. The largest absolute Gasteiger partial charge is 0.480 e. The SMILES string of the molecule is Cn1c2c(c(=O)n(Cc3ccc(F)c(F)c3)c1=O)S(=O)C(C(=O)O)C(=O)N2. The van der Waals surface area contributed by atoms with Crippen molar-refractivity contribution >= 4 is 28.5 Å². The van der Waals surface area contributed by atoms with Gasteiger partial charge in [-0.2, -0.15) is 0 Å². The van der Waals surface area contributed by atoms with Crippen molar-refractivity contribution in [1.29, 1.82) is 0 Å². The number of benzene rings is 1. The number of aliphatic carboxylic acids is 1. The Kier molecular flexibility index (Phi) is 4.51. The van der Waals surface area contributed by atoms with Gasteiger partial charge in [0.25, 0.3) is 11.5 Å². The molecule has 0 aliphatic carbocycles. The second-order valence-corrected chi connectivity index (χ2v) is 7.14. The van der Waals surface area contributed by atoms with Crippen LogP contribution in [0.15, 0.2) is 32.7 Å². The van der Waals surface area contributed by atoms with E-state index in [-0.39, 0.29) is 11.4 Å². The van der Waals surface area contributed by atoms with Crippen LogP contribution in [-0.4, -0.2) is 35.6 Å². The normalized spacial score (nSPS) is 18.7. The first kappa shape index (κ1) is 18.6. The number of rotatable bonds is 3. The standard InChI is InChI=1S/C15H11F2N3O6S/c1-19-11-9(27(26)10(14(23)24)12(21)18-11)13(22)20(15(19)25)5-6-2-3-7(16)8(17)4-6/h2-4,10H,5H2,1H3,(H,18,21)(H,23,24). The van der Waals surface area contributed by atoms with E-state index < -0.39 is 62.2 Å². The Hall–Kier alpha value is -3.15. The summed E-state index contributed by atoms with van der Waals surface area (Å²) >= 11 is 0. The Balaban J connectivity index is 2.20. The number of hydrogen-bond donors (Lipinski definition) is 2. The van der Waals surface area contributed by atoms with Crippen molar-refractivity contribution in [2.45, 2.75) is 16.7 Å². The van der Waals surface area contributed by atoms with Crippen LogP contribution >= 0.6 is 0 Å². The van der Waals surface area contributed by atoms with E-state index in [1.807, 2.05) is 0 Å². The maximum absolute atomic E-state index is 13.4. The highest BCUT2D eigenvalue weighted by Crippen LogP contribution is 2.23. The molecule has 1 aromatic carbocycles. The van der Waals surface area contributed by atoms with E-state index in [2.05, 4.69) is 5.32 Å². The second-order valence-electron chi connectivity index (χ2n) is 5.66. The predicted octanol–water partition coefficient (Wildman–Crippen LogP) is -0.614. The van der Waals surface area contributed by atoms with Crippen molar-refractivity contribution in [2.75, 3.05) is 5.32 Å². The molecule has 2 N–H and O–H groups in total. The van der Waals surface area contributed by atoms with Gasteiger partial charge in [-0.15, -0.1) is 0 Å². The molecule has 1 aromatic heterocycles. The molecule has 2 unspecified atom stereocenters. The highest BCUT2D eigenvalue weighted by atomic mass is 32.2. The van der Waals surface area contributed by atoms with Crippen LogP contribution in [0.2, 0.25) is 0 Å². The number of amides is 1. The summed E-state index contributed by atoms with van der Waals surface area (Å²) in [7, 11) is -1.38. The monoisotopic (exact) mass is 399 g/mol. The van der Waals surface area contributed by atoms with Crippen LogP contribution in [-0.2, 0) is 34.0 Å². The van der Waals surface area contributed by atoms with Crippen molar-refractivity contribution in [3.63, 3.8) is 0 Å². The highest BCUT2D eigenvalue weighted by Gasteiger charge is 2.42. The molecule has 0 bridgehead atoms. The number of carbonyl (C=O) groups excluding carboxylic acids is 1. The molecule has 2 atom stereocenters. The third-order valence-electron chi connectivity index (χ3n) is 3.95. The first-order valence-electron chi connectivity index (χ1n) is 7.35. The maximum atomic E-state index is 13.4. The molecule has 1 aliphatic rings. The van der Waals surface area contributed by atoms with Crippen LogP contribution in [0.4, 0.5) is 14.6 Å². The van der Waals surface area contributed by atoms with Gasteiger partial charge in [0.2, 0.25) is 5.25 Å². The Morgan fingerprint density at radius 2 is 1.93 bits per heavy atom. The third kappa shape index (κ3) is 2.97. The minimum absolute atomic E-state index is 0.0773. The van der Waals surface area contributed by atoms with E-state index >= 15 is 0 Å². The molecule has 0 saturated heterocycles. The van der Waals surface area contributed by atoms with Crippen LogP contribution in [0.25, 0.3) is 0 Å². The summed E-state index contributed by atoms with van der Waals surface area (Å²) in [5.41, 5.74) is -1.94. The van der Waals surface area contributed by atoms with Crippen LogP contribution in [0.5, 0.6) is 0 Å². The zero-order valence-corrected chi connectivity index (χ0v) is 14.4. The fraction of sp³-hybridized carbons (Fsp3) is 0.200. The van der Waals surface area contributed by atoms with Gasteiger partial charge in [-0.25, -0.2) is 13.6 Å². The van der Waals surface area contributed by atoms with Gasteiger partial charge in [-0.1, -0.05) is 6.07 Å². The minimum atomic E-state index is -2.56. The summed E-state index contributed by atoms with van der Waals surface area (Å²) < 4.78 is 40.3. The second kappa shape index (κ2) is 6.54. The zero-order chi connectivity index (χ0) is 20.0. The first-order chi connectivity index (χ1) is 12.6. The Labute approximate surface area is 151 Å². The molecule has 9 nitrogen and oxygen atoms in total.